The highest BCUT2D eigenvalue weighted by atomic mass is 16.2. The van der Waals surface area contributed by atoms with Crippen molar-refractivity contribution in [1.29, 1.82) is 0 Å². The second kappa shape index (κ2) is 7.93. The first-order chi connectivity index (χ1) is 13.9. The first-order valence-electron chi connectivity index (χ1n) is 10.4. The number of carbonyl (C=O) groups is 1. The van der Waals surface area contributed by atoms with E-state index in [9.17, 15) is 9.59 Å². The van der Waals surface area contributed by atoms with Gasteiger partial charge in [0.2, 0.25) is 0 Å². The highest BCUT2D eigenvalue weighted by Crippen LogP contribution is 2.35. The normalized spacial score (nSPS) is 17.6. The summed E-state index contributed by atoms with van der Waals surface area (Å²) in [6.07, 6.45) is 5.82. The lowest BCUT2D eigenvalue weighted by molar-refractivity contribution is 0.0702. The first kappa shape index (κ1) is 19.5. The van der Waals surface area contributed by atoms with Crippen molar-refractivity contribution in [2.75, 3.05) is 18.0 Å². The number of likely N-dealkylation sites (tertiary alicyclic amines) is 1. The molecule has 1 aliphatic carbocycles. The van der Waals surface area contributed by atoms with Gasteiger partial charge in [-0.3, -0.25) is 9.59 Å². The maximum absolute atomic E-state index is 12.9. The van der Waals surface area contributed by atoms with Crippen molar-refractivity contribution in [3.63, 3.8) is 0 Å². The fourth-order valence-electron chi connectivity index (χ4n) is 4.03. The Labute approximate surface area is 170 Å². The molecule has 8 nitrogen and oxygen atoms in total. The van der Waals surface area contributed by atoms with E-state index in [0.717, 1.165) is 24.4 Å². The monoisotopic (exact) mass is 396 g/mol. The number of piperidine rings is 1. The van der Waals surface area contributed by atoms with Gasteiger partial charge in [0.15, 0.2) is 0 Å². The number of anilines is 1. The van der Waals surface area contributed by atoms with Crippen molar-refractivity contribution in [1.82, 2.24) is 24.6 Å². The second-order valence-corrected chi connectivity index (χ2v) is 8.27. The molecule has 0 aromatic carbocycles. The number of hydrogen-bond acceptors (Lipinski definition) is 6. The number of hydrogen-bond donors (Lipinski definition) is 0. The van der Waals surface area contributed by atoms with Crippen molar-refractivity contribution in [3.8, 4) is 0 Å². The van der Waals surface area contributed by atoms with E-state index in [2.05, 4.69) is 26.0 Å². The van der Waals surface area contributed by atoms with Crippen LogP contribution < -0.4 is 10.5 Å². The molecular formula is C21H28N6O2. The van der Waals surface area contributed by atoms with Crippen molar-refractivity contribution in [2.45, 2.75) is 64.6 Å². The van der Waals surface area contributed by atoms with E-state index in [4.69, 9.17) is 0 Å². The molecule has 0 radical (unpaired) electrons. The lowest BCUT2D eigenvalue weighted by atomic mass is 10.0. The molecular weight excluding hydrogens is 368 g/mol. The van der Waals surface area contributed by atoms with Crippen LogP contribution in [0, 0.1) is 6.92 Å². The average Bonchev–Trinajstić information content (AvgIpc) is 3.53. The Kier molecular flexibility index (Phi) is 5.34. The van der Waals surface area contributed by atoms with Gasteiger partial charge in [0.1, 0.15) is 17.8 Å². The number of carbonyl (C=O) groups excluding carboxylic acids is 1. The zero-order valence-corrected chi connectivity index (χ0v) is 17.3. The fraction of sp³-hybridized carbons (Fsp3) is 0.571. The Morgan fingerprint density at radius 3 is 2.41 bits per heavy atom. The summed E-state index contributed by atoms with van der Waals surface area (Å²) in [5.74, 6) is 0.893. The van der Waals surface area contributed by atoms with E-state index in [1.54, 1.807) is 6.33 Å². The van der Waals surface area contributed by atoms with Crippen LogP contribution >= 0.6 is 0 Å². The van der Waals surface area contributed by atoms with Crippen LogP contribution in [0.3, 0.4) is 0 Å². The molecule has 2 aromatic rings. The van der Waals surface area contributed by atoms with Crippen LogP contribution in [-0.2, 0) is 0 Å². The van der Waals surface area contributed by atoms with Crippen LogP contribution in [0.4, 0.5) is 5.82 Å². The van der Waals surface area contributed by atoms with E-state index in [0.29, 0.717) is 30.9 Å². The molecule has 2 fully saturated rings. The summed E-state index contributed by atoms with van der Waals surface area (Å²) in [6.45, 7) is 7.12. The van der Waals surface area contributed by atoms with Gasteiger partial charge < -0.3 is 9.80 Å². The Bertz CT molecular complexity index is 944. The summed E-state index contributed by atoms with van der Waals surface area (Å²) in [4.78, 5) is 37.9. The maximum atomic E-state index is 12.9. The van der Waals surface area contributed by atoms with Gasteiger partial charge in [-0.1, -0.05) is 0 Å². The molecule has 0 atom stereocenters. The van der Waals surface area contributed by atoms with E-state index >= 15 is 0 Å². The lowest BCUT2D eigenvalue weighted by Gasteiger charge is -2.39. The lowest BCUT2D eigenvalue weighted by Crippen LogP contribution is -2.48. The van der Waals surface area contributed by atoms with E-state index < -0.39 is 0 Å². The number of aromatic nitrogens is 4. The van der Waals surface area contributed by atoms with Gasteiger partial charge in [0.05, 0.1) is 6.04 Å². The largest absolute Gasteiger partial charge is 0.350 e. The Hall–Kier alpha value is -2.77. The minimum atomic E-state index is -0.185. The molecule has 0 bridgehead atoms. The van der Waals surface area contributed by atoms with Gasteiger partial charge >= 0.3 is 0 Å². The molecule has 2 aromatic heterocycles. The maximum Gasteiger partial charge on any atom is 0.274 e. The summed E-state index contributed by atoms with van der Waals surface area (Å²) >= 11 is 0. The number of rotatable bonds is 5. The third-order valence-electron chi connectivity index (χ3n) is 5.67. The van der Waals surface area contributed by atoms with Crippen LogP contribution in [0.5, 0.6) is 0 Å². The molecule has 154 valence electrons. The number of amides is 1. The third kappa shape index (κ3) is 4.16. The van der Waals surface area contributed by atoms with Crippen molar-refractivity contribution in [2.24, 2.45) is 0 Å². The third-order valence-corrected chi connectivity index (χ3v) is 5.67. The van der Waals surface area contributed by atoms with Crippen molar-refractivity contribution < 1.29 is 4.79 Å². The highest BCUT2D eigenvalue weighted by Gasteiger charge is 2.37. The molecule has 1 saturated heterocycles. The van der Waals surface area contributed by atoms with Crippen LogP contribution in [0.1, 0.15) is 61.8 Å². The Morgan fingerprint density at radius 1 is 1.10 bits per heavy atom. The molecule has 0 spiro atoms. The standard InChI is InChI=1S/C21H28N6O2/c1-14(2)27-20(28)7-6-18(24-27)21(29)25-10-8-17(9-11-25)26(16-4-5-16)19-12-15(3)22-13-23-19/h6-7,12-14,16-17H,4-5,8-11H2,1-3H3. The molecule has 29 heavy (non-hydrogen) atoms. The number of aryl methyl sites for hydroxylation is 1. The van der Waals surface area contributed by atoms with Crippen LogP contribution in [0.15, 0.2) is 29.3 Å². The summed E-state index contributed by atoms with van der Waals surface area (Å²) in [6, 6.07) is 5.86. The molecule has 0 unspecified atom stereocenters. The first-order valence-corrected chi connectivity index (χ1v) is 10.4. The van der Waals surface area contributed by atoms with Crippen LogP contribution in [0.2, 0.25) is 0 Å². The van der Waals surface area contributed by atoms with E-state index in [-0.39, 0.29) is 17.5 Å². The summed E-state index contributed by atoms with van der Waals surface area (Å²) < 4.78 is 1.37. The molecule has 1 aliphatic heterocycles. The van der Waals surface area contributed by atoms with Gasteiger partial charge in [0, 0.05) is 43.0 Å². The summed E-state index contributed by atoms with van der Waals surface area (Å²) in [5, 5.41) is 4.28. The van der Waals surface area contributed by atoms with Crippen LogP contribution in [-0.4, -0.2) is 55.7 Å². The predicted octanol–water partition coefficient (Wildman–Crippen LogP) is 2.20. The minimum Gasteiger partial charge on any atom is -0.350 e. The van der Waals surface area contributed by atoms with Crippen LogP contribution in [0.25, 0.3) is 0 Å². The smallest absolute Gasteiger partial charge is 0.274 e. The molecule has 3 heterocycles. The zero-order chi connectivity index (χ0) is 20.5. The molecule has 1 amide bonds. The average molecular weight is 396 g/mol. The zero-order valence-electron chi connectivity index (χ0n) is 17.3. The Morgan fingerprint density at radius 2 is 1.79 bits per heavy atom. The summed E-state index contributed by atoms with van der Waals surface area (Å²) in [5.41, 5.74) is 1.12. The topological polar surface area (TPSA) is 84.2 Å². The minimum absolute atomic E-state index is 0.0793. The van der Waals surface area contributed by atoms with Gasteiger partial charge in [-0.05, 0) is 52.5 Å². The predicted molar refractivity (Wildman–Crippen MR) is 110 cm³/mol. The molecule has 8 heteroatoms. The Balaban J connectivity index is 1.45. The quantitative estimate of drug-likeness (QED) is 0.770. The van der Waals surface area contributed by atoms with Gasteiger partial charge in [-0.15, -0.1) is 0 Å². The second-order valence-electron chi connectivity index (χ2n) is 8.27. The van der Waals surface area contributed by atoms with Gasteiger partial charge in [-0.25, -0.2) is 14.6 Å². The van der Waals surface area contributed by atoms with Gasteiger partial charge in [-0.2, -0.15) is 5.10 Å². The molecule has 2 aliphatic rings. The number of nitrogens with zero attached hydrogens (tertiary/aromatic N) is 6. The molecule has 4 rings (SSSR count). The SMILES string of the molecule is Cc1cc(N(C2CC2)C2CCN(C(=O)c3ccc(=O)n(C(C)C)n3)CC2)ncn1. The fourth-order valence-corrected chi connectivity index (χ4v) is 4.03. The van der Waals surface area contributed by atoms with Crippen molar-refractivity contribution in [3.05, 3.63) is 46.3 Å². The van der Waals surface area contributed by atoms with Crippen molar-refractivity contribution >= 4 is 11.7 Å². The van der Waals surface area contributed by atoms with Gasteiger partial charge in [0.25, 0.3) is 11.5 Å². The molecule has 1 saturated carbocycles. The van der Waals surface area contributed by atoms with E-state index in [1.807, 2.05) is 25.7 Å². The molecule has 0 N–H and O–H groups in total. The highest BCUT2D eigenvalue weighted by molar-refractivity contribution is 5.92. The van der Waals surface area contributed by atoms with E-state index in [1.165, 1.54) is 29.7 Å². The summed E-state index contributed by atoms with van der Waals surface area (Å²) in [7, 11) is 0.